The zero-order valence-electron chi connectivity index (χ0n) is 9.97. The molecule has 0 aliphatic carbocycles. The number of hydrogen-bond donors (Lipinski definition) is 1. The average molecular weight is 395 g/mol. The van der Waals surface area contributed by atoms with E-state index in [1.165, 1.54) is 17.7 Å². The van der Waals surface area contributed by atoms with E-state index in [1.807, 2.05) is 24.6 Å². The lowest BCUT2D eigenvalue weighted by Crippen LogP contribution is -2.11. The van der Waals surface area contributed by atoms with Crippen LogP contribution in [0.2, 0.25) is 0 Å². The normalized spacial score (nSPS) is 13.2. The largest absolute Gasteiger partial charge is 0.387 e. The summed E-state index contributed by atoms with van der Waals surface area (Å²) >= 11 is 8.37. The van der Waals surface area contributed by atoms with Crippen LogP contribution in [-0.2, 0) is 6.42 Å². The highest BCUT2D eigenvalue weighted by atomic mass is 79.9. The van der Waals surface area contributed by atoms with E-state index >= 15 is 0 Å². The molecule has 2 rings (SSSR count). The molecule has 0 saturated heterocycles. The number of aliphatic hydroxyl groups excluding tert-OH is 1. The first kappa shape index (κ1) is 14.2. The van der Waals surface area contributed by atoms with E-state index in [0.717, 1.165) is 19.0 Å². The van der Waals surface area contributed by atoms with Crippen molar-refractivity contribution in [3.8, 4) is 0 Å². The summed E-state index contributed by atoms with van der Waals surface area (Å²) in [6.07, 6.45) is 1.44. The van der Waals surface area contributed by atoms with Gasteiger partial charge in [-0.3, -0.25) is 0 Å². The first-order valence-corrected chi connectivity index (χ1v) is 7.90. The summed E-state index contributed by atoms with van der Waals surface area (Å²) in [7, 11) is 0. The van der Waals surface area contributed by atoms with Gasteiger partial charge in [0.1, 0.15) is 12.2 Å². The molecule has 0 aromatic carbocycles. The maximum absolute atomic E-state index is 10.2. The van der Waals surface area contributed by atoms with Crippen LogP contribution in [0.15, 0.2) is 20.7 Å². The highest BCUT2D eigenvalue weighted by molar-refractivity contribution is 9.13. The van der Waals surface area contributed by atoms with Crippen LogP contribution in [0.4, 0.5) is 0 Å². The van der Waals surface area contributed by atoms with E-state index in [-0.39, 0.29) is 6.04 Å². The van der Waals surface area contributed by atoms with Crippen LogP contribution in [0.25, 0.3) is 0 Å². The van der Waals surface area contributed by atoms with Crippen LogP contribution < -0.4 is 0 Å². The summed E-state index contributed by atoms with van der Waals surface area (Å²) in [6.45, 7) is 4.09. The molecule has 98 valence electrons. The molecular formula is C11H13Br2N3OS. The van der Waals surface area contributed by atoms with Crippen molar-refractivity contribution in [1.82, 2.24) is 14.8 Å². The molecule has 0 fully saturated rings. The Morgan fingerprint density at radius 1 is 1.44 bits per heavy atom. The second-order valence-corrected chi connectivity index (χ2v) is 7.46. The van der Waals surface area contributed by atoms with Gasteiger partial charge in [0, 0.05) is 21.8 Å². The van der Waals surface area contributed by atoms with E-state index in [0.29, 0.717) is 6.42 Å². The van der Waals surface area contributed by atoms with Crippen LogP contribution in [-0.4, -0.2) is 19.9 Å². The Hall–Kier alpha value is -0.240. The maximum atomic E-state index is 10.2. The summed E-state index contributed by atoms with van der Waals surface area (Å²) < 4.78 is 3.79. The van der Waals surface area contributed by atoms with Crippen LogP contribution in [0.3, 0.4) is 0 Å². The molecule has 4 nitrogen and oxygen atoms in total. The highest BCUT2D eigenvalue weighted by Crippen LogP contribution is 2.36. The van der Waals surface area contributed by atoms with Gasteiger partial charge in [-0.2, -0.15) is 5.10 Å². The van der Waals surface area contributed by atoms with E-state index in [1.54, 1.807) is 0 Å². The van der Waals surface area contributed by atoms with Crippen molar-refractivity contribution in [1.29, 1.82) is 0 Å². The molecular weight excluding hydrogens is 382 g/mol. The fraction of sp³-hybridized carbons (Fsp3) is 0.455. The predicted octanol–water partition coefficient (Wildman–Crippen LogP) is 3.72. The maximum Gasteiger partial charge on any atom is 0.138 e. The van der Waals surface area contributed by atoms with E-state index in [9.17, 15) is 5.11 Å². The molecule has 1 N–H and O–H groups in total. The summed E-state index contributed by atoms with van der Waals surface area (Å²) in [6, 6.07) is 2.17. The number of aromatic nitrogens is 3. The van der Waals surface area contributed by atoms with Crippen molar-refractivity contribution >= 4 is 43.2 Å². The lowest BCUT2D eigenvalue weighted by molar-refractivity contribution is 0.177. The summed E-state index contributed by atoms with van der Waals surface area (Å²) in [5, 5.41) is 14.4. The monoisotopic (exact) mass is 393 g/mol. The fourth-order valence-corrected chi connectivity index (χ4v) is 3.73. The molecule has 0 saturated carbocycles. The van der Waals surface area contributed by atoms with Crippen molar-refractivity contribution in [3.05, 3.63) is 31.4 Å². The molecule has 0 amide bonds. The van der Waals surface area contributed by atoms with Gasteiger partial charge in [0.2, 0.25) is 0 Å². The number of hydrogen-bond acceptors (Lipinski definition) is 4. The molecule has 0 aliphatic heterocycles. The third kappa shape index (κ3) is 3.01. The van der Waals surface area contributed by atoms with Gasteiger partial charge in [0.25, 0.3) is 0 Å². The Morgan fingerprint density at radius 2 is 2.17 bits per heavy atom. The van der Waals surface area contributed by atoms with Crippen LogP contribution in [0.1, 0.15) is 36.7 Å². The average Bonchev–Trinajstić information content (AvgIpc) is 2.87. The molecule has 0 spiro atoms. The number of aliphatic hydroxyl groups is 1. The quantitative estimate of drug-likeness (QED) is 0.859. The first-order valence-electron chi connectivity index (χ1n) is 5.50. The van der Waals surface area contributed by atoms with Gasteiger partial charge in [-0.1, -0.05) is 0 Å². The summed E-state index contributed by atoms with van der Waals surface area (Å²) in [5.74, 6) is 0.804. The third-order valence-electron chi connectivity index (χ3n) is 2.50. The standard InChI is InChI=1S/C11H13Br2N3OS/c1-6(2)16-10(14-5-15-16)4-8(17)9-3-7(12)11(13)18-9/h3,5-6,8,17H,4H2,1-2H3. The Labute approximate surface area is 126 Å². The van der Waals surface area contributed by atoms with E-state index < -0.39 is 6.10 Å². The molecule has 2 aromatic rings. The molecule has 0 radical (unpaired) electrons. The van der Waals surface area contributed by atoms with Gasteiger partial charge < -0.3 is 5.11 Å². The number of rotatable bonds is 4. The molecule has 18 heavy (non-hydrogen) atoms. The van der Waals surface area contributed by atoms with Crippen LogP contribution in [0, 0.1) is 0 Å². The number of halogens is 2. The second kappa shape index (κ2) is 5.81. The molecule has 2 aromatic heterocycles. The molecule has 1 unspecified atom stereocenters. The topological polar surface area (TPSA) is 50.9 Å². The molecule has 7 heteroatoms. The van der Waals surface area contributed by atoms with Gasteiger partial charge in [-0.15, -0.1) is 11.3 Å². The van der Waals surface area contributed by atoms with Crippen molar-refractivity contribution in [2.75, 3.05) is 0 Å². The number of nitrogens with zero attached hydrogens (tertiary/aromatic N) is 3. The lowest BCUT2D eigenvalue weighted by Gasteiger charge is -2.12. The minimum Gasteiger partial charge on any atom is -0.387 e. The minimum atomic E-state index is -0.556. The fourth-order valence-electron chi connectivity index (χ4n) is 1.65. The van der Waals surface area contributed by atoms with Gasteiger partial charge >= 0.3 is 0 Å². The second-order valence-electron chi connectivity index (χ2n) is 4.20. The van der Waals surface area contributed by atoms with Crippen molar-refractivity contribution in [3.63, 3.8) is 0 Å². The minimum absolute atomic E-state index is 0.247. The van der Waals surface area contributed by atoms with Gasteiger partial charge in [0.05, 0.1) is 9.89 Å². The van der Waals surface area contributed by atoms with Crippen LogP contribution in [0.5, 0.6) is 0 Å². The summed E-state index contributed by atoms with van der Waals surface area (Å²) in [4.78, 5) is 5.11. The third-order valence-corrected chi connectivity index (χ3v) is 5.86. The SMILES string of the molecule is CC(C)n1ncnc1CC(O)c1cc(Br)c(Br)s1. The van der Waals surface area contributed by atoms with Gasteiger partial charge in [-0.05, 0) is 51.8 Å². The zero-order chi connectivity index (χ0) is 13.3. The Bertz CT molecular complexity index is 519. The van der Waals surface area contributed by atoms with Gasteiger partial charge in [-0.25, -0.2) is 9.67 Å². The smallest absolute Gasteiger partial charge is 0.138 e. The Morgan fingerprint density at radius 3 is 2.72 bits per heavy atom. The van der Waals surface area contributed by atoms with E-state index in [4.69, 9.17) is 0 Å². The summed E-state index contributed by atoms with van der Waals surface area (Å²) in [5.41, 5.74) is 0. The molecule has 1 atom stereocenters. The van der Waals surface area contributed by atoms with Gasteiger partial charge in [0.15, 0.2) is 0 Å². The lowest BCUT2D eigenvalue weighted by atomic mass is 10.2. The zero-order valence-corrected chi connectivity index (χ0v) is 14.0. The van der Waals surface area contributed by atoms with Crippen LogP contribution >= 0.6 is 43.2 Å². The number of thiophene rings is 1. The Balaban J connectivity index is 2.16. The van der Waals surface area contributed by atoms with E-state index in [2.05, 4.69) is 41.9 Å². The first-order chi connectivity index (χ1) is 8.49. The van der Waals surface area contributed by atoms with Crippen molar-refractivity contribution in [2.45, 2.75) is 32.4 Å². The highest BCUT2D eigenvalue weighted by Gasteiger charge is 2.17. The predicted molar refractivity (Wildman–Crippen MR) is 78.8 cm³/mol. The molecule has 0 aliphatic rings. The van der Waals surface area contributed by atoms with Crippen molar-refractivity contribution in [2.24, 2.45) is 0 Å². The molecule has 2 heterocycles. The molecule has 0 bridgehead atoms. The van der Waals surface area contributed by atoms with Crippen molar-refractivity contribution < 1.29 is 5.11 Å². The Kier molecular flexibility index (Phi) is 4.58.